The fraction of sp³-hybridized carbons (Fsp3) is 0.529. The zero-order valence-corrected chi connectivity index (χ0v) is 64.5. The molecule has 29 N–H and O–H groups in total. The van der Waals surface area contributed by atoms with Crippen molar-refractivity contribution in [1.82, 2.24) is 89.7 Å². The SMILES string of the molecule is CSCC[C@H](NC(=O)[C@H](CCCCN)NC(=O)[C@@H](N)Cc1ccccc1)C(=O)N[C@@H](Cc1cnc[nH]1)C(=O)N[C@@H](CC(C)C)C(=O)NCC(=O)N[C@@H](CCCNC(=N)N)C(=O)N[C@@H](Cc1ccc(O)cc1)C(=O)N[C@@H](CO)C(=O)NCC(=O)N[C@@H](CC(N)=O)C(=O)N[C@@H](C)C(=O)NCC(=O)N[C@@H](CC(=O)O)C(=O)N[C@@H](C)C(=O)O. The first kappa shape index (κ1) is 96.1. The van der Waals surface area contributed by atoms with Gasteiger partial charge in [0, 0.05) is 31.3 Å². The molecular weight excluding hydrogens is 1520 g/mol. The molecule has 0 spiro atoms. The summed E-state index contributed by atoms with van der Waals surface area (Å²) in [4.78, 5) is 233. The number of aromatic nitrogens is 2. The number of aliphatic hydroxyl groups excluding tert-OH is 1. The van der Waals surface area contributed by atoms with E-state index in [1.54, 1.807) is 44.4 Å². The van der Waals surface area contributed by atoms with Crippen LogP contribution in [0.3, 0.4) is 0 Å². The predicted octanol–water partition coefficient (Wildman–Crippen LogP) is -8.19. The Morgan fingerprint density at radius 3 is 1.46 bits per heavy atom. The highest BCUT2D eigenvalue weighted by Gasteiger charge is 2.36. The number of imidazole rings is 1. The number of aromatic amines is 1. The van der Waals surface area contributed by atoms with Crippen LogP contribution in [0, 0.1) is 11.3 Å². The van der Waals surface area contributed by atoms with Gasteiger partial charge in [-0.15, -0.1) is 0 Å². The topological polar surface area (TPSA) is 708 Å². The molecule has 15 amide bonds. The van der Waals surface area contributed by atoms with Crippen LogP contribution in [0.2, 0.25) is 0 Å². The van der Waals surface area contributed by atoms with Crippen LogP contribution in [0.5, 0.6) is 5.75 Å². The summed E-state index contributed by atoms with van der Waals surface area (Å²) >= 11 is 1.37. The first-order chi connectivity index (χ1) is 53.9. The second-order valence-corrected chi connectivity index (χ2v) is 27.7. The van der Waals surface area contributed by atoms with Gasteiger partial charge in [-0.05, 0) is 113 Å². The van der Waals surface area contributed by atoms with E-state index in [0.29, 0.717) is 36.4 Å². The molecule has 0 saturated carbocycles. The van der Waals surface area contributed by atoms with Crippen LogP contribution < -0.4 is 103 Å². The number of primary amides is 1. The quantitative estimate of drug-likeness (QED) is 0.0142. The van der Waals surface area contributed by atoms with Crippen molar-refractivity contribution < 1.29 is 102 Å². The lowest BCUT2D eigenvalue weighted by Crippen LogP contribution is -2.60. The molecule has 0 saturated heterocycles. The van der Waals surface area contributed by atoms with Gasteiger partial charge < -0.3 is 128 Å². The number of amides is 15. The Morgan fingerprint density at radius 1 is 0.491 bits per heavy atom. The fourth-order valence-electron chi connectivity index (χ4n) is 10.7. The maximum Gasteiger partial charge on any atom is 0.325 e. The molecule has 0 bridgehead atoms. The van der Waals surface area contributed by atoms with E-state index in [2.05, 4.69) is 79.1 Å². The van der Waals surface area contributed by atoms with E-state index >= 15 is 0 Å². The van der Waals surface area contributed by atoms with Gasteiger partial charge in [0.2, 0.25) is 88.6 Å². The van der Waals surface area contributed by atoms with Crippen molar-refractivity contribution in [3.63, 3.8) is 0 Å². The summed E-state index contributed by atoms with van der Waals surface area (Å²) < 4.78 is 0. The number of hydrogen-bond donors (Lipinski definition) is 25. The lowest BCUT2D eigenvalue weighted by molar-refractivity contribution is -0.143. The van der Waals surface area contributed by atoms with Crippen molar-refractivity contribution in [3.05, 3.63) is 83.9 Å². The average molecular weight is 1620 g/mol. The molecule has 3 rings (SSSR count). The van der Waals surface area contributed by atoms with Gasteiger partial charge in [0.05, 0.1) is 51.5 Å². The second-order valence-electron chi connectivity index (χ2n) is 26.8. The first-order valence-corrected chi connectivity index (χ1v) is 37.6. The number of carboxylic acids is 2. The number of rotatable bonds is 53. The predicted molar refractivity (Wildman–Crippen MR) is 409 cm³/mol. The summed E-state index contributed by atoms with van der Waals surface area (Å²) in [6, 6.07) is -3.66. The summed E-state index contributed by atoms with van der Waals surface area (Å²) in [6.45, 7) is 2.06. The maximum absolute atomic E-state index is 14.5. The van der Waals surface area contributed by atoms with Crippen LogP contribution in [0.4, 0.5) is 0 Å². The van der Waals surface area contributed by atoms with E-state index in [0.717, 1.165) is 19.4 Å². The monoisotopic (exact) mass is 1620 g/mol. The van der Waals surface area contributed by atoms with Gasteiger partial charge >= 0.3 is 11.9 Å². The van der Waals surface area contributed by atoms with Crippen LogP contribution >= 0.6 is 11.8 Å². The number of nitrogens with two attached hydrogens (primary N) is 4. The smallest absolute Gasteiger partial charge is 0.325 e. The molecule has 43 nitrogen and oxygen atoms in total. The molecule has 0 fully saturated rings. The van der Waals surface area contributed by atoms with E-state index in [-0.39, 0.29) is 69.6 Å². The Morgan fingerprint density at radius 2 is 0.947 bits per heavy atom. The number of carboxylic acid groups (broad SMARTS) is 2. The van der Waals surface area contributed by atoms with E-state index in [4.69, 9.17) is 33.5 Å². The number of carbonyl (C=O) groups is 17. The number of benzene rings is 2. The van der Waals surface area contributed by atoms with Crippen molar-refractivity contribution in [1.29, 1.82) is 5.41 Å². The minimum absolute atomic E-state index is 0.0193. The Kier molecular flexibility index (Phi) is 42.8. The van der Waals surface area contributed by atoms with E-state index in [1.807, 2.05) is 16.7 Å². The van der Waals surface area contributed by atoms with Crippen LogP contribution in [-0.2, 0) is 101 Å². The number of aliphatic hydroxyl groups is 1. The van der Waals surface area contributed by atoms with Gasteiger partial charge in [0.1, 0.15) is 72.2 Å². The molecule has 0 aliphatic heterocycles. The number of aromatic hydroxyl groups is 1. The largest absolute Gasteiger partial charge is 0.508 e. The van der Waals surface area contributed by atoms with Crippen molar-refractivity contribution >= 4 is 118 Å². The van der Waals surface area contributed by atoms with Crippen molar-refractivity contribution in [2.24, 2.45) is 28.9 Å². The molecule has 628 valence electrons. The molecule has 12 atom stereocenters. The third kappa shape index (κ3) is 37.3. The number of unbranched alkanes of at least 4 members (excludes halogenated alkanes) is 1. The third-order valence-corrected chi connectivity index (χ3v) is 17.4. The van der Waals surface area contributed by atoms with Gasteiger partial charge in [-0.1, -0.05) is 56.3 Å². The fourth-order valence-corrected chi connectivity index (χ4v) is 11.1. The minimum Gasteiger partial charge on any atom is -0.508 e. The standard InChI is InChI=1S/C70H106N22O21S/c1-36(2)24-47(89-68(111)49(27-41-30-76-35-81-41)91-64(107)46(20-23-114-5)88-63(106)45(14-9-10-21-71)87-59(102)43(72)25-39-12-7-6-8-13-39)60(103)79-32-54(96)84-44(15-11-22-77-70(74)75)62(105)90-48(26-40-16-18-42(94)19-17-40)67(110)92-52(34-93)61(104)80-33-56(98)85-50(28-53(73)95)65(108)82-37(3)58(101)78-31-55(97)86-51(29-57(99)100)66(109)83-38(4)69(112)113/h6-8,12-13,16-19,30,35-38,43-52,93-94H,9-11,14-15,20-29,31-34,71-72H2,1-5H3,(H2,73,95)(H,76,81)(H,78,101)(H,79,103)(H,80,104)(H,82,108)(H,83,109)(H,84,96)(H,85,98)(H,86,97)(H,87,102)(H,88,106)(H,89,111)(H,90,105)(H,91,107)(H,92,110)(H,99,100)(H,112,113)(H4,74,75,77)/t37-,38-,43-,44-,45-,46-,47-,48-,49-,50-,51-,52-/m0/s1. The van der Waals surface area contributed by atoms with Crippen molar-refractivity contribution in [3.8, 4) is 5.75 Å². The van der Waals surface area contributed by atoms with E-state index in [1.165, 1.54) is 48.6 Å². The Bertz CT molecular complexity index is 3770. The summed E-state index contributed by atoms with van der Waals surface area (Å²) in [5, 5.41) is 82.1. The number of hydrogen-bond acceptors (Lipinski definition) is 24. The number of carbonyl (C=O) groups excluding carboxylic acids is 15. The molecule has 0 unspecified atom stereocenters. The molecule has 0 aliphatic rings. The zero-order valence-electron chi connectivity index (χ0n) is 63.7. The van der Waals surface area contributed by atoms with Gasteiger partial charge in [0.25, 0.3) is 0 Å². The summed E-state index contributed by atoms with van der Waals surface area (Å²) in [6.07, 6.45) is 3.19. The Hall–Kier alpha value is -12.1. The van der Waals surface area contributed by atoms with E-state index < -0.39 is 218 Å². The summed E-state index contributed by atoms with van der Waals surface area (Å²) in [5.74, 6) is -18.7. The van der Waals surface area contributed by atoms with Crippen LogP contribution in [0.15, 0.2) is 67.1 Å². The number of phenols is 1. The lowest BCUT2D eigenvalue weighted by Gasteiger charge is -2.27. The zero-order chi connectivity index (χ0) is 85.1. The number of phenolic OH excluding ortho intramolecular Hbond substituents is 1. The highest BCUT2D eigenvalue weighted by atomic mass is 32.2. The maximum atomic E-state index is 14.5. The lowest BCUT2D eigenvalue weighted by atomic mass is 10.0. The van der Waals surface area contributed by atoms with Crippen molar-refractivity contribution in [2.75, 3.05) is 51.3 Å². The molecule has 2 aromatic carbocycles. The molecule has 0 radical (unpaired) electrons. The molecule has 114 heavy (non-hydrogen) atoms. The number of nitrogens with zero attached hydrogens (tertiary/aromatic N) is 1. The highest BCUT2D eigenvalue weighted by Crippen LogP contribution is 2.15. The number of aliphatic carboxylic acids is 2. The van der Waals surface area contributed by atoms with Crippen LogP contribution in [-0.4, -0.2) is 261 Å². The second kappa shape index (κ2) is 50.8. The van der Waals surface area contributed by atoms with Gasteiger partial charge in [-0.2, -0.15) is 11.8 Å². The molecule has 1 aromatic heterocycles. The third-order valence-electron chi connectivity index (χ3n) is 16.7. The molecule has 0 aliphatic carbocycles. The number of nitrogens with one attached hydrogen (secondary N) is 17. The van der Waals surface area contributed by atoms with Crippen molar-refractivity contribution in [2.45, 2.75) is 177 Å². The highest BCUT2D eigenvalue weighted by molar-refractivity contribution is 7.98. The summed E-state index contributed by atoms with van der Waals surface area (Å²) in [7, 11) is 0. The molecule has 3 aromatic rings. The molecular formula is C70H106N22O21S. The van der Waals surface area contributed by atoms with E-state index in [9.17, 15) is 96.8 Å². The molecule has 44 heteroatoms. The Balaban J connectivity index is 1.79. The molecule has 1 heterocycles. The minimum atomic E-state index is -1.89. The van der Waals surface area contributed by atoms with Crippen LogP contribution in [0.1, 0.15) is 102 Å². The number of H-pyrrole nitrogens is 1. The summed E-state index contributed by atoms with van der Waals surface area (Å²) in [5.41, 5.74) is 24.3. The average Bonchev–Trinajstić information content (AvgIpc) is 0.959. The number of thioether (sulfide) groups is 1. The number of guanidine groups is 1. The van der Waals surface area contributed by atoms with Crippen LogP contribution in [0.25, 0.3) is 0 Å². The van der Waals surface area contributed by atoms with Gasteiger partial charge in [-0.3, -0.25) is 86.9 Å². The first-order valence-electron chi connectivity index (χ1n) is 36.2. The van der Waals surface area contributed by atoms with Gasteiger partial charge in [-0.25, -0.2) is 4.98 Å². The van der Waals surface area contributed by atoms with Gasteiger partial charge in [0.15, 0.2) is 5.96 Å². The Labute approximate surface area is 659 Å². The normalized spacial score (nSPS) is 14.1.